The zero-order valence-electron chi connectivity index (χ0n) is 71.7. The molecule has 99 heavy (non-hydrogen) atoms. The summed E-state index contributed by atoms with van der Waals surface area (Å²) >= 11 is 0. The number of unbranched alkanes of at least 4 members (excludes halogenated alkanes) is 1. The summed E-state index contributed by atoms with van der Waals surface area (Å²) < 4.78 is 2.13. The SMILES string of the molecule is CC(C)CC1CCCC1.CC(C)CC1CCNCC1.CC(C)CCCCNCCCN.CC(C)CCCN.CC(C)CCCN1CCN(CCCN)CC1.CC(C)CCCO.CC(C)CCCn1ccnc1.CC(C)CCN.CNCCC(C)C.CNCCN(CCNC)CCC(C)C. The van der Waals surface area contributed by atoms with Gasteiger partial charge in [-0.1, -0.05) is 177 Å². The van der Waals surface area contributed by atoms with E-state index in [1.54, 1.807) is 0 Å². The van der Waals surface area contributed by atoms with Crippen LogP contribution in [0.3, 0.4) is 0 Å². The Kier molecular flexibility index (Phi) is 93.9. The molecule has 15 heteroatoms. The minimum Gasteiger partial charge on any atom is -0.396 e. The number of aryl methyl sites for hydroxylation is 1. The molecule has 1 aromatic rings. The number of likely N-dealkylation sites (N-methyl/N-ethyl adjacent to an activating group) is 2. The van der Waals surface area contributed by atoms with Gasteiger partial charge in [0.2, 0.25) is 0 Å². The fourth-order valence-corrected chi connectivity index (χ4v) is 11.3. The van der Waals surface area contributed by atoms with Crippen molar-refractivity contribution >= 4 is 0 Å². The molecule has 3 heterocycles. The summed E-state index contributed by atoms with van der Waals surface area (Å²) in [5.74, 6) is 10.4. The van der Waals surface area contributed by atoms with E-state index >= 15 is 0 Å². The molecule has 0 spiro atoms. The van der Waals surface area contributed by atoms with Crippen LogP contribution in [0.1, 0.15) is 293 Å². The predicted molar refractivity (Wildman–Crippen MR) is 449 cm³/mol. The third kappa shape index (κ3) is 103. The smallest absolute Gasteiger partial charge is 0.0945 e. The fourth-order valence-electron chi connectivity index (χ4n) is 11.3. The second kappa shape index (κ2) is 85.6. The number of nitrogens with two attached hydrogens (primary N) is 4. The van der Waals surface area contributed by atoms with Crippen molar-refractivity contribution in [3.05, 3.63) is 18.7 Å². The molecule has 1 aliphatic carbocycles. The summed E-state index contributed by atoms with van der Waals surface area (Å²) in [6, 6.07) is 0. The van der Waals surface area contributed by atoms with Crippen molar-refractivity contribution in [3.8, 4) is 0 Å². The van der Waals surface area contributed by atoms with Crippen LogP contribution >= 0.6 is 0 Å². The second-order valence-electron chi connectivity index (χ2n) is 33.2. The van der Waals surface area contributed by atoms with Crippen LogP contribution in [0.15, 0.2) is 18.7 Å². The van der Waals surface area contributed by atoms with E-state index in [9.17, 15) is 0 Å². The van der Waals surface area contributed by atoms with Crippen LogP contribution < -0.4 is 49.5 Å². The Morgan fingerprint density at radius 2 is 0.818 bits per heavy atom. The van der Waals surface area contributed by atoms with Crippen LogP contribution in [-0.4, -0.2) is 188 Å². The topological polar surface area (TPSA) is 212 Å². The third-order valence-corrected chi connectivity index (χ3v) is 17.7. The summed E-state index contributed by atoms with van der Waals surface area (Å²) in [6.07, 6.45) is 37.3. The third-order valence-electron chi connectivity index (χ3n) is 17.7. The Bertz CT molecular complexity index is 1490. The van der Waals surface area contributed by atoms with Crippen molar-refractivity contribution in [3.63, 3.8) is 0 Å². The van der Waals surface area contributed by atoms with Crippen LogP contribution in [0.25, 0.3) is 0 Å². The summed E-state index contributed by atoms with van der Waals surface area (Å²) in [5.41, 5.74) is 21.4. The highest BCUT2D eigenvalue weighted by Crippen LogP contribution is 2.30. The molecule has 15 nitrogen and oxygen atoms in total. The maximum absolute atomic E-state index is 8.32. The van der Waals surface area contributed by atoms with Gasteiger partial charge in [0, 0.05) is 77.9 Å². The van der Waals surface area contributed by atoms with Crippen molar-refractivity contribution in [2.45, 2.75) is 299 Å². The van der Waals surface area contributed by atoms with E-state index in [4.69, 9.17) is 28.0 Å². The van der Waals surface area contributed by atoms with E-state index in [0.717, 1.165) is 182 Å². The van der Waals surface area contributed by atoms with E-state index in [0.29, 0.717) is 6.61 Å². The first-order valence-corrected chi connectivity index (χ1v) is 42.0. The zero-order valence-corrected chi connectivity index (χ0v) is 71.7. The highest BCUT2D eigenvalue weighted by Gasteiger charge is 2.17. The molecule has 0 unspecified atom stereocenters. The van der Waals surface area contributed by atoms with E-state index in [2.05, 4.69) is 189 Å². The van der Waals surface area contributed by atoms with Crippen molar-refractivity contribution in [2.24, 2.45) is 93.9 Å². The quantitative estimate of drug-likeness (QED) is 0.0276. The lowest BCUT2D eigenvalue weighted by atomic mass is 9.89. The average Bonchev–Trinajstić information content (AvgIpc) is 1.71. The molecule has 2 aliphatic heterocycles. The lowest BCUT2D eigenvalue weighted by Crippen LogP contribution is -2.47. The van der Waals surface area contributed by atoms with Gasteiger partial charge in [-0.05, 0) is 286 Å². The van der Waals surface area contributed by atoms with E-state index in [1.807, 2.05) is 39.9 Å². The number of aromatic nitrogens is 2. The van der Waals surface area contributed by atoms with E-state index in [1.165, 1.54) is 181 Å². The summed E-state index contributed by atoms with van der Waals surface area (Å²) in [6.45, 7) is 69.0. The Morgan fingerprint density at radius 1 is 0.414 bits per heavy atom. The van der Waals surface area contributed by atoms with Crippen molar-refractivity contribution in [2.75, 3.05) is 159 Å². The number of hydrogen-bond donors (Lipinski definition) is 10. The van der Waals surface area contributed by atoms with Gasteiger partial charge in [0.05, 0.1) is 6.33 Å². The van der Waals surface area contributed by atoms with Gasteiger partial charge < -0.3 is 73.9 Å². The highest BCUT2D eigenvalue weighted by molar-refractivity contribution is 4.75. The first kappa shape index (κ1) is 109. The van der Waals surface area contributed by atoms with Crippen LogP contribution in [-0.2, 0) is 6.54 Å². The number of hydrogen-bond acceptors (Lipinski definition) is 14. The second-order valence-corrected chi connectivity index (χ2v) is 33.2. The van der Waals surface area contributed by atoms with Gasteiger partial charge in [-0.15, -0.1) is 0 Å². The normalized spacial score (nSPS) is 14.3. The molecule has 2 saturated heterocycles. The molecule has 14 N–H and O–H groups in total. The number of nitrogens with one attached hydrogen (secondary N) is 5. The first-order chi connectivity index (χ1) is 47.1. The molecule has 0 atom stereocenters. The monoisotopic (exact) mass is 1410 g/mol. The van der Waals surface area contributed by atoms with Gasteiger partial charge in [0.15, 0.2) is 0 Å². The van der Waals surface area contributed by atoms with Crippen LogP contribution in [0.5, 0.6) is 0 Å². The van der Waals surface area contributed by atoms with Crippen LogP contribution in [0.2, 0.25) is 0 Å². The molecule has 0 amide bonds. The molecule has 3 fully saturated rings. The van der Waals surface area contributed by atoms with Gasteiger partial charge in [0.25, 0.3) is 0 Å². The molecule has 1 saturated carbocycles. The Balaban J connectivity index is -0.000000246. The molecular weight excluding hydrogens is 1220 g/mol. The minimum atomic E-state index is 0.345. The van der Waals surface area contributed by atoms with Gasteiger partial charge >= 0.3 is 0 Å². The largest absolute Gasteiger partial charge is 0.396 e. The lowest BCUT2D eigenvalue weighted by Gasteiger charge is -2.34. The molecule has 4 rings (SSSR count). The number of imidazole rings is 1. The van der Waals surface area contributed by atoms with E-state index in [-0.39, 0.29) is 0 Å². The number of nitrogens with zero attached hydrogens (tertiary/aromatic N) is 5. The van der Waals surface area contributed by atoms with Gasteiger partial charge in [-0.2, -0.15) is 0 Å². The molecular formula is C84H190N14O. The number of rotatable bonds is 43. The molecule has 0 radical (unpaired) electrons. The highest BCUT2D eigenvalue weighted by atomic mass is 16.3. The molecule has 0 aromatic carbocycles. The maximum Gasteiger partial charge on any atom is 0.0945 e. The van der Waals surface area contributed by atoms with Crippen molar-refractivity contribution < 1.29 is 5.11 Å². The van der Waals surface area contributed by atoms with Crippen LogP contribution in [0.4, 0.5) is 0 Å². The number of piperazine rings is 1. The Morgan fingerprint density at radius 3 is 1.17 bits per heavy atom. The van der Waals surface area contributed by atoms with E-state index < -0.39 is 0 Å². The summed E-state index contributed by atoms with van der Waals surface area (Å²) in [7, 11) is 6.01. The Labute approximate surface area is 623 Å². The van der Waals surface area contributed by atoms with Gasteiger partial charge in [-0.3, -0.25) is 0 Å². The average molecular weight is 1410 g/mol. The first-order valence-electron chi connectivity index (χ1n) is 42.0. The number of piperidine rings is 1. The standard InChI is InChI=1S/C13H29N3.C11H27N3.C10H24N2.C9H16N2.C9H19N.C9H18.2C6H15N.C6H14O.C5H13N/c1-13(2)5-3-7-15-9-11-16(12-10-15)8-4-6-14;1-11(2)5-8-14(9-6-12-3)10-7-13-4;1-10(2)6-3-4-8-12-9-5-7-11;1-9(2)4-3-6-11-7-5-10-8-11;1-8(2)7-9-3-5-10-6-4-9;1-8(2)7-9-5-3-4-6-9;1-6(2)4-5-7-3;2*1-6(2)4-3-5-7;1-5(2)3-4-6/h13H,3-12,14H2,1-2H3;11-13H,5-10H2,1-4H3;10,12H,3-9,11H2,1-2H3;5,7-9H,3-4,6H2,1-2H3;8-10H,3-7H2,1-2H3;8-9H,3-7H2,1-2H3;6-7H,4-5H2,1-3H3;6H,3-5,7H2,1-2H3;6-7H,3-5H2,1-2H3;5H,3-4,6H2,1-2H3. The molecule has 3 aliphatic rings. The predicted octanol–water partition coefficient (Wildman–Crippen LogP) is 16.5. The maximum atomic E-state index is 8.32. The molecule has 0 bridgehead atoms. The Hall–Kier alpha value is -1.31. The fraction of sp³-hybridized carbons (Fsp3) is 0.964. The minimum absolute atomic E-state index is 0.345. The molecule has 602 valence electrons. The summed E-state index contributed by atoms with van der Waals surface area (Å²) in [5, 5.41) is 24.6. The number of aliphatic hydroxyl groups excluding tert-OH is 1. The summed E-state index contributed by atoms with van der Waals surface area (Å²) in [4.78, 5) is 11.7. The lowest BCUT2D eigenvalue weighted by molar-refractivity contribution is 0.129. The van der Waals surface area contributed by atoms with Crippen molar-refractivity contribution in [1.29, 1.82) is 0 Å². The zero-order chi connectivity index (χ0) is 76.1. The van der Waals surface area contributed by atoms with Crippen LogP contribution in [0, 0.1) is 71.0 Å². The van der Waals surface area contributed by atoms with Gasteiger partial charge in [0.1, 0.15) is 0 Å². The number of aliphatic hydroxyl groups is 1. The molecule has 1 aromatic heterocycles. The van der Waals surface area contributed by atoms with Gasteiger partial charge in [-0.25, -0.2) is 4.98 Å². The van der Waals surface area contributed by atoms with Crippen molar-refractivity contribution in [1.82, 2.24) is 50.8 Å².